The molecule has 0 radical (unpaired) electrons. The summed E-state index contributed by atoms with van der Waals surface area (Å²) in [5.74, 6) is 3.51. The molecule has 2 aliphatic rings. The Hall–Kier alpha value is -1.51. The van der Waals surface area contributed by atoms with Gasteiger partial charge in [0.1, 0.15) is 19.0 Å². The Kier molecular flexibility index (Phi) is 4.87. The monoisotopic (exact) mass is 463 g/mol. The maximum Gasteiger partial charge on any atom is 0.191 e. The zero-order valence-electron chi connectivity index (χ0n) is 14.6. The van der Waals surface area contributed by atoms with Gasteiger partial charge in [-0.05, 0) is 42.0 Å². The summed E-state index contributed by atoms with van der Waals surface area (Å²) in [7, 11) is 0. The molecular weight excluding hydrogens is 446 g/mol. The minimum absolute atomic E-state index is 0.557. The van der Waals surface area contributed by atoms with Crippen molar-refractivity contribution in [3.8, 4) is 11.5 Å². The summed E-state index contributed by atoms with van der Waals surface area (Å²) in [4.78, 5) is 1.33. The average Bonchev–Trinajstić information content (AvgIpc) is 3.23. The van der Waals surface area contributed by atoms with Crippen molar-refractivity contribution in [2.24, 2.45) is 0 Å². The highest BCUT2D eigenvalue weighted by Crippen LogP contribution is 2.41. The van der Waals surface area contributed by atoms with E-state index in [9.17, 15) is 0 Å². The van der Waals surface area contributed by atoms with E-state index in [1.165, 1.54) is 23.3 Å². The summed E-state index contributed by atoms with van der Waals surface area (Å²) < 4.78 is 14.7. The van der Waals surface area contributed by atoms with Gasteiger partial charge in [0, 0.05) is 27.6 Å². The molecule has 0 atom stereocenters. The van der Waals surface area contributed by atoms with E-state index in [-0.39, 0.29) is 0 Å². The van der Waals surface area contributed by atoms with Crippen LogP contribution in [0.2, 0.25) is 0 Å². The number of ether oxygens (including phenoxy) is 2. The number of thioether (sulfide) groups is 1. The number of halogens is 1. The second-order valence-electron chi connectivity index (χ2n) is 6.63. The lowest BCUT2D eigenvalue weighted by Crippen LogP contribution is -2.15. The first-order valence-electron chi connectivity index (χ1n) is 8.95. The summed E-state index contributed by atoms with van der Waals surface area (Å²) in [6.07, 6.45) is 3.29. The second kappa shape index (κ2) is 7.48. The molecule has 0 bridgehead atoms. The Morgan fingerprint density at radius 1 is 1.19 bits per heavy atom. The first-order chi connectivity index (χ1) is 13.3. The van der Waals surface area contributed by atoms with Crippen LogP contribution >= 0.6 is 39.0 Å². The maximum atomic E-state index is 5.72. The number of fused-ring (bicyclic) bond motifs is 1. The van der Waals surface area contributed by atoms with Crippen molar-refractivity contribution in [1.82, 2.24) is 14.8 Å². The Morgan fingerprint density at radius 3 is 2.74 bits per heavy atom. The smallest absolute Gasteiger partial charge is 0.191 e. The average molecular weight is 464 g/mol. The molecule has 1 aliphatic carbocycles. The summed E-state index contributed by atoms with van der Waals surface area (Å²) in [5, 5.41) is 12.1. The molecule has 1 aromatic carbocycles. The fourth-order valence-electron chi connectivity index (χ4n) is 3.15. The summed E-state index contributed by atoms with van der Waals surface area (Å²) in [6.45, 7) is 1.20. The van der Waals surface area contributed by atoms with Gasteiger partial charge in [0.2, 0.25) is 0 Å². The zero-order valence-corrected chi connectivity index (χ0v) is 17.8. The highest BCUT2D eigenvalue weighted by atomic mass is 79.9. The van der Waals surface area contributed by atoms with Crippen LogP contribution in [0.25, 0.3) is 0 Å². The number of aromatic nitrogens is 3. The molecule has 0 saturated heterocycles. The SMILES string of the molecule is Brc1cc2c(cc1CSc1nnc(Cc3cccs3)n1C1CC1)OCCO2. The molecule has 1 fully saturated rings. The van der Waals surface area contributed by atoms with Gasteiger partial charge in [-0.1, -0.05) is 33.8 Å². The third kappa shape index (κ3) is 3.75. The van der Waals surface area contributed by atoms with Gasteiger partial charge in [-0.3, -0.25) is 0 Å². The van der Waals surface area contributed by atoms with E-state index in [0.29, 0.717) is 19.3 Å². The zero-order chi connectivity index (χ0) is 18.2. The lowest BCUT2D eigenvalue weighted by molar-refractivity contribution is 0.171. The number of nitrogens with zero attached hydrogens (tertiary/aromatic N) is 3. The van der Waals surface area contributed by atoms with Crippen LogP contribution in [0, 0.1) is 0 Å². The molecular formula is C19H18BrN3O2S2. The first-order valence-corrected chi connectivity index (χ1v) is 11.6. The molecule has 1 saturated carbocycles. The second-order valence-corrected chi connectivity index (χ2v) is 9.46. The van der Waals surface area contributed by atoms with Crippen LogP contribution in [0.4, 0.5) is 0 Å². The molecule has 3 aromatic rings. The molecule has 27 heavy (non-hydrogen) atoms. The van der Waals surface area contributed by atoms with Crippen LogP contribution in [-0.2, 0) is 12.2 Å². The van der Waals surface area contributed by atoms with Crippen LogP contribution < -0.4 is 9.47 Å². The molecule has 0 amide bonds. The number of hydrogen-bond donors (Lipinski definition) is 0. The normalized spacial score (nSPS) is 15.9. The third-order valence-electron chi connectivity index (χ3n) is 4.63. The fraction of sp³-hybridized carbons (Fsp3) is 0.368. The van der Waals surface area contributed by atoms with Crippen molar-refractivity contribution < 1.29 is 9.47 Å². The van der Waals surface area contributed by atoms with Crippen LogP contribution in [-0.4, -0.2) is 28.0 Å². The summed E-state index contributed by atoms with van der Waals surface area (Å²) in [5.41, 5.74) is 1.18. The van der Waals surface area contributed by atoms with Crippen LogP contribution in [0.15, 0.2) is 39.3 Å². The molecule has 8 heteroatoms. The van der Waals surface area contributed by atoms with E-state index in [0.717, 1.165) is 39.1 Å². The van der Waals surface area contributed by atoms with Crippen molar-refractivity contribution in [3.63, 3.8) is 0 Å². The first kappa shape index (κ1) is 17.6. The number of hydrogen-bond acceptors (Lipinski definition) is 6. The standard InChI is InChI=1S/C19H18BrN3O2S2/c20-15-10-17-16(24-5-6-25-17)8-12(15)11-27-19-22-21-18(23(19)13-3-4-13)9-14-2-1-7-26-14/h1-2,7-8,10,13H,3-6,9,11H2. The maximum absolute atomic E-state index is 5.72. The minimum Gasteiger partial charge on any atom is -0.486 e. The minimum atomic E-state index is 0.557. The van der Waals surface area contributed by atoms with Crippen LogP contribution in [0.1, 0.15) is 35.1 Å². The van der Waals surface area contributed by atoms with Gasteiger partial charge >= 0.3 is 0 Å². The van der Waals surface area contributed by atoms with Crippen molar-refractivity contribution >= 4 is 39.0 Å². The van der Waals surface area contributed by atoms with Crippen molar-refractivity contribution in [2.45, 2.75) is 36.2 Å². The van der Waals surface area contributed by atoms with Crippen LogP contribution in [0.5, 0.6) is 11.5 Å². The van der Waals surface area contributed by atoms with E-state index >= 15 is 0 Å². The van der Waals surface area contributed by atoms with Crippen molar-refractivity contribution in [3.05, 3.63) is 50.4 Å². The number of rotatable bonds is 6. The van der Waals surface area contributed by atoms with Gasteiger partial charge in [0.15, 0.2) is 16.7 Å². The van der Waals surface area contributed by atoms with E-state index in [4.69, 9.17) is 9.47 Å². The highest BCUT2D eigenvalue weighted by Gasteiger charge is 2.30. The summed E-state index contributed by atoms with van der Waals surface area (Å²) in [6, 6.07) is 8.87. The van der Waals surface area contributed by atoms with Crippen LogP contribution in [0.3, 0.4) is 0 Å². The van der Waals surface area contributed by atoms with Crippen molar-refractivity contribution in [1.29, 1.82) is 0 Å². The topological polar surface area (TPSA) is 49.2 Å². The Labute approximate surface area is 174 Å². The van der Waals surface area contributed by atoms with E-state index < -0.39 is 0 Å². The van der Waals surface area contributed by atoms with Crippen molar-refractivity contribution in [2.75, 3.05) is 13.2 Å². The van der Waals surface area contributed by atoms with Gasteiger partial charge in [0.05, 0.1) is 0 Å². The van der Waals surface area contributed by atoms with Gasteiger partial charge in [-0.2, -0.15) is 0 Å². The van der Waals surface area contributed by atoms with Gasteiger partial charge in [0.25, 0.3) is 0 Å². The summed E-state index contributed by atoms with van der Waals surface area (Å²) >= 11 is 7.17. The van der Waals surface area contributed by atoms with Gasteiger partial charge in [-0.15, -0.1) is 21.5 Å². The Balaban J connectivity index is 1.36. The van der Waals surface area contributed by atoms with Gasteiger partial charge in [-0.25, -0.2) is 0 Å². The molecule has 3 heterocycles. The number of thiophene rings is 1. The largest absolute Gasteiger partial charge is 0.486 e. The molecule has 5 nitrogen and oxygen atoms in total. The quantitative estimate of drug-likeness (QED) is 0.476. The van der Waals surface area contributed by atoms with Gasteiger partial charge < -0.3 is 14.0 Å². The molecule has 0 N–H and O–H groups in total. The Bertz CT molecular complexity index is 954. The third-order valence-corrected chi connectivity index (χ3v) is 7.23. The molecule has 0 spiro atoms. The molecule has 0 unspecified atom stereocenters. The fourth-order valence-corrected chi connectivity index (χ4v) is 5.52. The molecule has 140 valence electrons. The predicted molar refractivity (Wildman–Crippen MR) is 110 cm³/mol. The van der Waals surface area contributed by atoms with E-state index in [1.807, 2.05) is 6.07 Å². The molecule has 1 aliphatic heterocycles. The Morgan fingerprint density at radius 2 is 2.00 bits per heavy atom. The van der Waals surface area contributed by atoms with E-state index in [1.54, 1.807) is 23.1 Å². The van der Waals surface area contributed by atoms with E-state index in [2.05, 4.69) is 54.3 Å². The molecule has 5 rings (SSSR count). The lowest BCUT2D eigenvalue weighted by Gasteiger charge is -2.19. The predicted octanol–water partition coefficient (Wildman–Crippen LogP) is 5.09. The highest BCUT2D eigenvalue weighted by molar-refractivity contribution is 9.10. The molecule has 2 aromatic heterocycles. The lowest BCUT2D eigenvalue weighted by atomic mass is 10.2. The number of benzene rings is 1.